The molecule has 1 aliphatic heterocycles. The quantitative estimate of drug-likeness (QED) is 0.770. The summed E-state index contributed by atoms with van der Waals surface area (Å²) < 4.78 is 10.00. The van der Waals surface area contributed by atoms with Crippen molar-refractivity contribution in [2.45, 2.75) is 58.0 Å². The first-order chi connectivity index (χ1) is 9.60. The molecular weight excluding hydrogens is 258 g/mol. The molecule has 1 aromatic rings. The largest absolute Gasteiger partial charge is 0.469 e. The smallest absolute Gasteiger partial charge is 0.307 e. The number of hydrogen-bond donors (Lipinski definition) is 0. The Morgan fingerprint density at radius 2 is 2.30 bits per heavy atom. The molecular formula is C14H23N3O3. The molecule has 1 aromatic heterocycles. The van der Waals surface area contributed by atoms with Gasteiger partial charge >= 0.3 is 5.97 Å². The van der Waals surface area contributed by atoms with Crippen molar-refractivity contribution in [1.82, 2.24) is 15.0 Å². The van der Waals surface area contributed by atoms with Crippen LogP contribution in [0.3, 0.4) is 0 Å². The summed E-state index contributed by atoms with van der Waals surface area (Å²) in [6, 6.07) is 0.220. The van der Waals surface area contributed by atoms with Gasteiger partial charge in [0.25, 0.3) is 0 Å². The zero-order valence-electron chi connectivity index (χ0n) is 12.5. The second-order valence-corrected chi connectivity index (χ2v) is 5.60. The maximum Gasteiger partial charge on any atom is 0.307 e. The maximum absolute atomic E-state index is 11.5. The van der Waals surface area contributed by atoms with Gasteiger partial charge in [-0.25, -0.2) is 0 Å². The van der Waals surface area contributed by atoms with Crippen molar-refractivity contribution in [2.75, 3.05) is 13.7 Å². The molecule has 2 rings (SSSR count). The molecule has 1 atom stereocenters. The van der Waals surface area contributed by atoms with Gasteiger partial charge in [0.15, 0.2) is 5.82 Å². The Bertz CT molecular complexity index is 445. The topological polar surface area (TPSA) is 68.5 Å². The third-order valence-electron chi connectivity index (χ3n) is 3.70. The van der Waals surface area contributed by atoms with E-state index in [9.17, 15) is 4.79 Å². The normalized spacial score (nSPS) is 20.3. The summed E-state index contributed by atoms with van der Waals surface area (Å²) >= 11 is 0. The first kappa shape index (κ1) is 15.0. The van der Waals surface area contributed by atoms with E-state index in [4.69, 9.17) is 9.26 Å². The Morgan fingerprint density at radius 3 is 2.95 bits per heavy atom. The third kappa shape index (κ3) is 3.79. The van der Waals surface area contributed by atoms with Crippen molar-refractivity contribution in [3.05, 3.63) is 11.7 Å². The molecule has 6 nitrogen and oxygen atoms in total. The number of methoxy groups -OCH3 is 1. The van der Waals surface area contributed by atoms with Gasteiger partial charge < -0.3 is 9.26 Å². The highest BCUT2D eigenvalue weighted by Gasteiger charge is 2.26. The number of carbonyl (C=O) groups excluding carboxylic acids is 1. The fourth-order valence-corrected chi connectivity index (χ4v) is 2.52. The lowest BCUT2D eigenvalue weighted by Crippen LogP contribution is -2.40. The lowest BCUT2D eigenvalue weighted by Gasteiger charge is -2.34. The molecule has 2 heterocycles. The molecule has 0 saturated carbocycles. The van der Waals surface area contributed by atoms with Crippen molar-refractivity contribution in [2.24, 2.45) is 0 Å². The van der Waals surface area contributed by atoms with Gasteiger partial charge in [0.05, 0.1) is 20.1 Å². The standard InChI is InChI=1S/C14H23N3O3/c1-10(2)14-15-12(16-20-14)9-17-7-5-4-6-11(17)8-13(18)19-3/h10-11H,4-9H2,1-3H3. The van der Waals surface area contributed by atoms with E-state index in [0.717, 1.165) is 25.8 Å². The minimum atomic E-state index is -0.155. The van der Waals surface area contributed by atoms with E-state index < -0.39 is 0 Å². The molecule has 0 aromatic carbocycles. The van der Waals surface area contributed by atoms with Crippen molar-refractivity contribution >= 4 is 5.97 Å². The molecule has 0 spiro atoms. The maximum atomic E-state index is 11.5. The molecule has 1 unspecified atom stereocenters. The third-order valence-corrected chi connectivity index (χ3v) is 3.70. The molecule has 0 bridgehead atoms. The summed E-state index contributed by atoms with van der Waals surface area (Å²) in [5.74, 6) is 1.45. The Balaban J connectivity index is 1.98. The Morgan fingerprint density at radius 1 is 1.50 bits per heavy atom. The predicted octanol–water partition coefficient (Wildman–Crippen LogP) is 2.11. The molecule has 112 valence electrons. The fraction of sp³-hybridized carbons (Fsp3) is 0.786. The van der Waals surface area contributed by atoms with Crippen molar-refractivity contribution in [3.8, 4) is 0 Å². The summed E-state index contributed by atoms with van der Waals surface area (Å²) in [5, 5.41) is 4.02. The molecule has 1 saturated heterocycles. The minimum Gasteiger partial charge on any atom is -0.469 e. The Labute approximate surface area is 119 Å². The SMILES string of the molecule is COC(=O)CC1CCCCN1Cc1noc(C(C)C)n1. The molecule has 6 heteroatoms. The van der Waals surface area contributed by atoms with Crippen LogP contribution in [0.25, 0.3) is 0 Å². The van der Waals surface area contributed by atoms with Crippen LogP contribution >= 0.6 is 0 Å². The Hall–Kier alpha value is -1.43. The van der Waals surface area contributed by atoms with Gasteiger partial charge in [-0.2, -0.15) is 4.98 Å². The van der Waals surface area contributed by atoms with Crippen LogP contribution < -0.4 is 0 Å². The summed E-state index contributed by atoms with van der Waals surface area (Å²) in [6.07, 6.45) is 3.75. The summed E-state index contributed by atoms with van der Waals surface area (Å²) in [7, 11) is 1.43. The van der Waals surface area contributed by atoms with Gasteiger partial charge in [-0.3, -0.25) is 9.69 Å². The predicted molar refractivity (Wildman–Crippen MR) is 73.1 cm³/mol. The van der Waals surface area contributed by atoms with Crippen molar-refractivity contribution in [3.63, 3.8) is 0 Å². The zero-order chi connectivity index (χ0) is 14.5. The van der Waals surface area contributed by atoms with Crippen molar-refractivity contribution in [1.29, 1.82) is 0 Å². The van der Waals surface area contributed by atoms with E-state index in [-0.39, 0.29) is 17.9 Å². The highest BCUT2D eigenvalue weighted by molar-refractivity contribution is 5.69. The summed E-state index contributed by atoms with van der Waals surface area (Å²) in [4.78, 5) is 18.1. The van der Waals surface area contributed by atoms with Crippen LogP contribution in [0.4, 0.5) is 0 Å². The van der Waals surface area contributed by atoms with Crippen LogP contribution in [0.15, 0.2) is 4.52 Å². The van der Waals surface area contributed by atoms with Gasteiger partial charge in [-0.15, -0.1) is 0 Å². The number of carbonyl (C=O) groups is 1. The molecule has 0 amide bonds. The monoisotopic (exact) mass is 281 g/mol. The highest BCUT2D eigenvalue weighted by atomic mass is 16.5. The van der Waals surface area contributed by atoms with Crippen LogP contribution in [0.5, 0.6) is 0 Å². The van der Waals surface area contributed by atoms with Gasteiger partial charge in [-0.1, -0.05) is 25.4 Å². The number of hydrogen-bond acceptors (Lipinski definition) is 6. The van der Waals surface area contributed by atoms with Gasteiger partial charge in [0.2, 0.25) is 5.89 Å². The van der Waals surface area contributed by atoms with E-state index >= 15 is 0 Å². The van der Waals surface area contributed by atoms with E-state index in [1.165, 1.54) is 7.11 Å². The van der Waals surface area contributed by atoms with Crippen molar-refractivity contribution < 1.29 is 14.1 Å². The number of ether oxygens (including phenoxy) is 1. The van der Waals surface area contributed by atoms with Gasteiger partial charge in [0.1, 0.15) is 0 Å². The second kappa shape index (κ2) is 6.83. The van der Waals surface area contributed by atoms with E-state index in [1.807, 2.05) is 13.8 Å². The molecule has 1 aliphatic rings. The molecule has 0 radical (unpaired) electrons. The molecule has 1 fully saturated rings. The van der Waals surface area contributed by atoms with Crippen LogP contribution in [0, 0.1) is 0 Å². The number of nitrogens with zero attached hydrogens (tertiary/aromatic N) is 3. The zero-order valence-corrected chi connectivity index (χ0v) is 12.5. The Kier molecular flexibility index (Phi) is 5.11. The number of piperidine rings is 1. The molecule has 20 heavy (non-hydrogen) atoms. The highest BCUT2D eigenvalue weighted by Crippen LogP contribution is 2.22. The first-order valence-corrected chi connectivity index (χ1v) is 7.23. The average molecular weight is 281 g/mol. The fourth-order valence-electron chi connectivity index (χ4n) is 2.52. The van der Waals surface area contributed by atoms with Crippen LogP contribution in [-0.2, 0) is 16.1 Å². The summed E-state index contributed by atoms with van der Waals surface area (Å²) in [6.45, 7) is 5.65. The molecule has 0 aliphatic carbocycles. The van der Waals surface area contributed by atoms with Crippen LogP contribution in [0.2, 0.25) is 0 Å². The number of aromatic nitrogens is 2. The van der Waals surface area contributed by atoms with E-state index in [1.54, 1.807) is 0 Å². The van der Waals surface area contributed by atoms with E-state index in [2.05, 4.69) is 15.0 Å². The average Bonchev–Trinajstić information content (AvgIpc) is 2.89. The van der Waals surface area contributed by atoms with Gasteiger partial charge in [-0.05, 0) is 19.4 Å². The minimum absolute atomic E-state index is 0.155. The molecule has 0 N–H and O–H groups in total. The van der Waals surface area contributed by atoms with E-state index in [0.29, 0.717) is 24.7 Å². The lowest BCUT2D eigenvalue weighted by molar-refractivity contribution is -0.142. The summed E-state index contributed by atoms with van der Waals surface area (Å²) in [5.41, 5.74) is 0. The lowest BCUT2D eigenvalue weighted by atomic mass is 9.99. The van der Waals surface area contributed by atoms with Crippen LogP contribution in [0.1, 0.15) is 57.2 Å². The number of rotatable bonds is 5. The number of esters is 1. The van der Waals surface area contributed by atoms with Crippen LogP contribution in [-0.4, -0.2) is 40.7 Å². The first-order valence-electron chi connectivity index (χ1n) is 7.23. The van der Waals surface area contributed by atoms with Gasteiger partial charge in [0, 0.05) is 12.0 Å². The number of likely N-dealkylation sites (tertiary alicyclic amines) is 1. The second-order valence-electron chi connectivity index (χ2n) is 5.60.